The highest BCUT2D eigenvalue weighted by Crippen LogP contribution is 2.15. The van der Waals surface area contributed by atoms with Crippen LogP contribution in [-0.4, -0.2) is 42.3 Å². The number of nitrogens with one attached hydrogen (secondary N) is 2. The zero-order valence-corrected chi connectivity index (χ0v) is 14.6. The van der Waals surface area contributed by atoms with Crippen LogP contribution in [0.2, 0.25) is 0 Å². The first-order chi connectivity index (χ1) is 12.3. The van der Waals surface area contributed by atoms with E-state index in [1.165, 1.54) is 0 Å². The second kappa shape index (κ2) is 11.0. The molecule has 6 heteroatoms. The third kappa shape index (κ3) is 7.22. The van der Waals surface area contributed by atoms with Gasteiger partial charge in [0.1, 0.15) is 12.4 Å². The van der Waals surface area contributed by atoms with Gasteiger partial charge in [-0.1, -0.05) is 30.3 Å². The maximum atomic E-state index is 10.2. The normalized spacial score (nSPS) is 12.5. The molecule has 1 aromatic carbocycles. The smallest absolute Gasteiger partial charge is 0.191 e. The summed E-state index contributed by atoms with van der Waals surface area (Å²) in [5, 5.41) is 16.6. The van der Waals surface area contributed by atoms with E-state index in [9.17, 15) is 5.11 Å². The molecule has 3 N–H and O–H groups in total. The molecule has 1 unspecified atom stereocenters. The van der Waals surface area contributed by atoms with E-state index in [-0.39, 0.29) is 0 Å². The number of hydrogen-bond donors (Lipinski definition) is 3. The van der Waals surface area contributed by atoms with Gasteiger partial charge in [0.2, 0.25) is 0 Å². The van der Waals surface area contributed by atoms with Gasteiger partial charge in [-0.15, -0.1) is 0 Å². The molecule has 0 saturated carbocycles. The first-order valence-corrected chi connectivity index (χ1v) is 8.57. The maximum Gasteiger partial charge on any atom is 0.191 e. The summed E-state index contributed by atoms with van der Waals surface area (Å²) in [6, 6.07) is 13.4. The summed E-state index contributed by atoms with van der Waals surface area (Å²) in [5.74, 6) is 1.47. The standard InChI is InChI=1S/C19H26N4O2/c1-2-21-19(23-13-14-25-17-9-6-11-20-15-17)22-12-10-18(24)16-7-4-3-5-8-16/h3-9,11,15,18,24H,2,10,12-14H2,1H3,(H2,21,22,23). The molecular formula is C19H26N4O2. The van der Waals surface area contributed by atoms with E-state index in [4.69, 9.17) is 4.74 Å². The molecule has 0 aliphatic heterocycles. The van der Waals surface area contributed by atoms with Gasteiger partial charge >= 0.3 is 0 Å². The van der Waals surface area contributed by atoms with Crippen molar-refractivity contribution < 1.29 is 9.84 Å². The van der Waals surface area contributed by atoms with E-state index >= 15 is 0 Å². The molecule has 2 aromatic rings. The van der Waals surface area contributed by atoms with Gasteiger partial charge < -0.3 is 20.5 Å². The molecule has 1 heterocycles. The van der Waals surface area contributed by atoms with E-state index in [1.807, 2.05) is 49.4 Å². The fourth-order valence-electron chi connectivity index (χ4n) is 2.25. The third-order valence-corrected chi connectivity index (χ3v) is 3.50. The number of nitrogens with zero attached hydrogens (tertiary/aromatic N) is 2. The summed E-state index contributed by atoms with van der Waals surface area (Å²) in [5.41, 5.74) is 0.917. The van der Waals surface area contributed by atoms with Crippen LogP contribution in [0.1, 0.15) is 25.0 Å². The number of guanidine groups is 1. The van der Waals surface area contributed by atoms with Gasteiger partial charge in [0.25, 0.3) is 0 Å². The van der Waals surface area contributed by atoms with Crippen molar-refractivity contribution in [2.75, 3.05) is 26.2 Å². The molecule has 0 radical (unpaired) electrons. The van der Waals surface area contributed by atoms with E-state index in [2.05, 4.69) is 20.6 Å². The van der Waals surface area contributed by atoms with E-state index in [1.54, 1.807) is 12.4 Å². The van der Waals surface area contributed by atoms with E-state index < -0.39 is 6.10 Å². The number of hydrogen-bond acceptors (Lipinski definition) is 4. The van der Waals surface area contributed by atoms with Crippen LogP contribution in [0.4, 0.5) is 0 Å². The topological polar surface area (TPSA) is 78.8 Å². The van der Waals surface area contributed by atoms with Crippen LogP contribution in [0.15, 0.2) is 59.9 Å². The van der Waals surface area contributed by atoms with Crippen molar-refractivity contribution in [2.45, 2.75) is 19.4 Å². The van der Waals surface area contributed by atoms with Crippen LogP contribution < -0.4 is 15.4 Å². The van der Waals surface area contributed by atoms with Gasteiger partial charge in [0.05, 0.1) is 18.8 Å². The Hall–Kier alpha value is -2.60. The van der Waals surface area contributed by atoms with Crippen LogP contribution in [-0.2, 0) is 0 Å². The summed E-state index contributed by atoms with van der Waals surface area (Å²) in [6.45, 7) is 4.47. The number of aliphatic imine (C=N–C) groups is 1. The number of rotatable bonds is 9. The summed E-state index contributed by atoms with van der Waals surface area (Å²) in [7, 11) is 0. The minimum absolute atomic E-state index is 0.498. The molecule has 1 atom stereocenters. The van der Waals surface area contributed by atoms with Crippen molar-refractivity contribution in [3.05, 3.63) is 60.4 Å². The van der Waals surface area contributed by atoms with Crippen molar-refractivity contribution in [3.8, 4) is 5.75 Å². The van der Waals surface area contributed by atoms with Gasteiger partial charge in [-0.2, -0.15) is 0 Å². The Labute approximate surface area is 149 Å². The van der Waals surface area contributed by atoms with E-state index in [0.717, 1.165) is 23.8 Å². The molecule has 2 rings (SSSR count). The zero-order valence-electron chi connectivity index (χ0n) is 14.6. The molecule has 1 aromatic heterocycles. The van der Waals surface area contributed by atoms with Gasteiger partial charge in [-0.3, -0.25) is 9.98 Å². The lowest BCUT2D eigenvalue weighted by Gasteiger charge is -2.13. The minimum Gasteiger partial charge on any atom is -0.490 e. The van der Waals surface area contributed by atoms with Crippen molar-refractivity contribution in [1.82, 2.24) is 15.6 Å². The molecule has 0 bridgehead atoms. The van der Waals surface area contributed by atoms with E-state index in [0.29, 0.717) is 26.1 Å². The van der Waals surface area contributed by atoms with Crippen LogP contribution in [0.25, 0.3) is 0 Å². The lowest BCUT2D eigenvalue weighted by molar-refractivity contribution is 0.170. The SMILES string of the molecule is CCNC(=NCCC(O)c1ccccc1)NCCOc1cccnc1. The summed E-state index contributed by atoms with van der Waals surface area (Å²) in [4.78, 5) is 8.49. The summed E-state index contributed by atoms with van der Waals surface area (Å²) >= 11 is 0. The Balaban J connectivity index is 1.72. The Morgan fingerprint density at radius 3 is 2.76 bits per heavy atom. The average Bonchev–Trinajstić information content (AvgIpc) is 2.66. The van der Waals surface area contributed by atoms with Crippen molar-refractivity contribution in [2.24, 2.45) is 4.99 Å². The van der Waals surface area contributed by atoms with Crippen molar-refractivity contribution in [1.29, 1.82) is 0 Å². The Morgan fingerprint density at radius 2 is 2.04 bits per heavy atom. The molecule has 0 spiro atoms. The molecular weight excluding hydrogens is 316 g/mol. The quantitative estimate of drug-likeness (QED) is 0.370. The number of benzene rings is 1. The largest absolute Gasteiger partial charge is 0.490 e. The van der Waals surface area contributed by atoms with Gasteiger partial charge in [0, 0.05) is 19.3 Å². The third-order valence-electron chi connectivity index (χ3n) is 3.50. The zero-order chi connectivity index (χ0) is 17.7. The predicted molar refractivity (Wildman–Crippen MR) is 99.7 cm³/mol. The molecule has 0 fully saturated rings. The molecule has 0 aliphatic rings. The molecule has 134 valence electrons. The van der Waals surface area contributed by atoms with Crippen LogP contribution in [0, 0.1) is 0 Å². The second-order valence-electron chi connectivity index (χ2n) is 5.44. The number of ether oxygens (including phenoxy) is 1. The molecule has 25 heavy (non-hydrogen) atoms. The van der Waals surface area contributed by atoms with Gasteiger partial charge in [-0.05, 0) is 31.0 Å². The Kier molecular flexibility index (Phi) is 8.27. The fraction of sp³-hybridized carbons (Fsp3) is 0.368. The van der Waals surface area contributed by atoms with Crippen molar-refractivity contribution >= 4 is 5.96 Å². The summed E-state index contributed by atoms with van der Waals surface area (Å²) < 4.78 is 5.59. The maximum absolute atomic E-state index is 10.2. The first kappa shape index (κ1) is 18.7. The highest BCUT2D eigenvalue weighted by molar-refractivity contribution is 5.79. The highest BCUT2D eigenvalue weighted by Gasteiger charge is 2.06. The first-order valence-electron chi connectivity index (χ1n) is 8.57. The van der Waals surface area contributed by atoms with Gasteiger partial charge in [0.15, 0.2) is 5.96 Å². The highest BCUT2D eigenvalue weighted by atomic mass is 16.5. The second-order valence-corrected chi connectivity index (χ2v) is 5.44. The summed E-state index contributed by atoms with van der Waals surface area (Å²) in [6.07, 6.45) is 3.48. The van der Waals surface area contributed by atoms with Crippen LogP contribution in [0.5, 0.6) is 5.75 Å². The van der Waals surface area contributed by atoms with Crippen molar-refractivity contribution in [3.63, 3.8) is 0 Å². The molecule has 0 aliphatic carbocycles. The number of aliphatic hydroxyl groups is 1. The number of aliphatic hydroxyl groups excluding tert-OH is 1. The molecule has 0 amide bonds. The number of aromatic nitrogens is 1. The van der Waals surface area contributed by atoms with Gasteiger partial charge in [-0.25, -0.2) is 0 Å². The fourth-order valence-corrected chi connectivity index (χ4v) is 2.25. The van der Waals surface area contributed by atoms with Crippen LogP contribution >= 0.6 is 0 Å². The Morgan fingerprint density at radius 1 is 1.20 bits per heavy atom. The monoisotopic (exact) mass is 342 g/mol. The minimum atomic E-state index is -0.498. The molecule has 0 saturated heterocycles. The van der Waals surface area contributed by atoms with Crippen LogP contribution in [0.3, 0.4) is 0 Å². The lowest BCUT2D eigenvalue weighted by atomic mass is 10.1. The number of pyridine rings is 1. The predicted octanol–water partition coefficient (Wildman–Crippen LogP) is 2.14. The Bertz CT molecular complexity index is 620. The molecule has 6 nitrogen and oxygen atoms in total. The average molecular weight is 342 g/mol. The lowest BCUT2D eigenvalue weighted by Crippen LogP contribution is -2.39.